The molecule has 1 aromatic rings. The van der Waals surface area contributed by atoms with Gasteiger partial charge in [-0.15, -0.1) is 0 Å². The highest BCUT2D eigenvalue weighted by Crippen LogP contribution is 2.42. The molecule has 0 saturated carbocycles. The summed E-state index contributed by atoms with van der Waals surface area (Å²) in [4.78, 5) is 18.9. The van der Waals surface area contributed by atoms with Gasteiger partial charge in [-0.3, -0.25) is 20.2 Å². The number of nitro benzene ring substituents is 2. The van der Waals surface area contributed by atoms with Gasteiger partial charge >= 0.3 is 11.4 Å². The molecule has 0 aliphatic heterocycles. The second-order valence-electron chi connectivity index (χ2n) is 2.50. The summed E-state index contributed by atoms with van der Waals surface area (Å²) in [6.07, 6.45) is 0. The Labute approximate surface area is 83.0 Å². The Balaban J connectivity index is 3.51. The molecule has 1 aromatic carbocycles. The molecular weight excluding hydrogens is 208 g/mol. The van der Waals surface area contributed by atoms with E-state index in [0.29, 0.717) is 0 Å². The zero-order chi connectivity index (χ0) is 11.6. The molecule has 8 nitrogen and oxygen atoms in total. The average Bonchev–Trinajstić information content (AvgIpc) is 2.16. The minimum atomic E-state index is -1.03. The number of ether oxygens (including phenoxy) is 1. The third kappa shape index (κ3) is 1.77. The summed E-state index contributed by atoms with van der Waals surface area (Å²) in [6.45, 7) is 0. The molecule has 0 fully saturated rings. The van der Waals surface area contributed by atoms with Crippen LogP contribution in [0.4, 0.5) is 11.4 Å². The van der Waals surface area contributed by atoms with Gasteiger partial charge in [0.1, 0.15) is 0 Å². The highest BCUT2D eigenvalue weighted by molar-refractivity contribution is 5.66. The van der Waals surface area contributed by atoms with Crippen LogP contribution in [-0.2, 0) is 0 Å². The third-order valence-electron chi connectivity index (χ3n) is 1.69. The summed E-state index contributed by atoms with van der Waals surface area (Å²) in [6, 6.07) is 1.98. The van der Waals surface area contributed by atoms with E-state index >= 15 is 0 Å². The number of hydrogen-bond acceptors (Lipinski definition) is 6. The normalized spacial score (nSPS) is 9.67. The first-order valence-electron chi connectivity index (χ1n) is 3.67. The summed E-state index contributed by atoms with van der Waals surface area (Å²) >= 11 is 0. The lowest BCUT2D eigenvalue weighted by molar-refractivity contribution is -0.423. The van der Waals surface area contributed by atoms with E-state index in [2.05, 4.69) is 4.74 Å². The van der Waals surface area contributed by atoms with Crippen molar-refractivity contribution in [1.29, 1.82) is 0 Å². The van der Waals surface area contributed by atoms with Crippen molar-refractivity contribution >= 4 is 11.4 Å². The van der Waals surface area contributed by atoms with E-state index in [1.165, 1.54) is 7.11 Å². The Hall–Kier alpha value is -2.38. The van der Waals surface area contributed by atoms with Crippen LogP contribution in [0, 0.1) is 20.2 Å². The monoisotopic (exact) mass is 214 g/mol. The van der Waals surface area contributed by atoms with Gasteiger partial charge in [0, 0.05) is 6.07 Å². The maximum absolute atomic E-state index is 10.5. The largest absolute Gasteiger partial charge is 0.499 e. The van der Waals surface area contributed by atoms with Gasteiger partial charge in [-0.25, -0.2) is 0 Å². The minimum absolute atomic E-state index is 0.188. The molecule has 1 rings (SSSR count). The van der Waals surface area contributed by atoms with Gasteiger partial charge in [-0.2, -0.15) is 0 Å². The molecule has 80 valence electrons. The molecule has 1 N–H and O–H groups in total. The summed E-state index contributed by atoms with van der Waals surface area (Å²) in [5.74, 6) is -1.04. The SMILES string of the molecule is COc1ccc([N+](=O)[O-])c([N+](=O)[O-])c1O. The Morgan fingerprint density at radius 3 is 2.27 bits per heavy atom. The lowest BCUT2D eigenvalue weighted by Crippen LogP contribution is -1.98. The zero-order valence-corrected chi connectivity index (χ0v) is 7.54. The number of aromatic hydroxyl groups is 1. The van der Waals surface area contributed by atoms with Gasteiger partial charge in [0.2, 0.25) is 5.75 Å². The summed E-state index contributed by atoms with van der Waals surface area (Å²) in [5.41, 5.74) is -1.75. The Bertz CT molecular complexity index is 430. The predicted molar refractivity (Wildman–Crippen MR) is 48.0 cm³/mol. The smallest absolute Gasteiger partial charge is 0.391 e. The van der Waals surface area contributed by atoms with E-state index in [4.69, 9.17) is 0 Å². The van der Waals surface area contributed by atoms with E-state index in [0.717, 1.165) is 12.1 Å². The van der Waals surface area contributed by atoms with E-state index in [1.54, 1.807) is 0 Å². The number of nitro groups is 2. The summed E-state index contributed by atoms with van der Waals surface area (Å²) in [5, 5.41) is 30.2. The van der Waals surface area contributed by atoms with Gasteiger partial charge in [0.25, 0.3) is 0 Å². The number of benzene rings is 1. The Kier molecular flexibility index (Phi) is 2.70. The second-order valence-corrected chi connectivity index (χ2v) is 2.50. The average molecular weight is 214 g/mol. The molecule has 0 heterocycles. The molecule has 0 aliphatic rings. The molecular formula is C7H6N2O6. The first-order valence-corrected chi connectivity index (χ1v) is 3.67. The molecule has 0 aromatic heterocycles. The maximum atomic E-state index is 10.5. The van der Waals surface area contributed by atoms with Crippen molar-refractivity contribution in [2.45, 2.75) is 0 Å². The van der Waals surface area contributed by atoms with Crippen molar-refractivity contribution in [3.8, 4) is 11.5 Å². The Morgan fingerprint density at radius 1 is 1.27 bits per heavy atom. The number of methoxy groups -OCH3 is 1. The highest BCUT2D eigenvalue weighted by Gasteiger charge is 2.31. The van der Waals surface area contributed by atoms with E-state index in [9.17, 15) is 25.3 Å². The fraction of sp³-hybridized carbons (Fsp3) is 0.143. The van der Waals surface area contributed by atoms with Gasteiger partial charge in [0.05, 0.1) is 17.0 Å². The molecule has 0 unspecified atom stereocenters. The fourth-order valence-corrected chi connectivity index (χ4v) is 1.04. The molecule has 0 radical (unpaired) electrons. The number of hydrogen-bond donors (Lipinski definition) is 1. The van der Waals surface area contributed by atoms with Crippen molar-refractivity contribution in [3.05, 3.63) is 32.4 Å². The molecule has 0 spiro atoms. The predicted octanol–water partition coefficient (Wildman–Crippen LogP) is 1.22. The highest BCUT2D eigenvalue weighted by atomic mass is 16.6. The first kappa shape index (κ1) is 10.7. The van der Waals surface area contributed by atoms with E-state index in [-0.39, 0.29) is 5.75 Å². The number of phenols is 1. The number of nitrogens with zero attached hydrogens (tertiary/aromatic N) is 2. The van der Waals surface area contributed by atoms with E-state index < -0.39 is 27.0 Å². The molecule has 0 aliphatic carbocycles. The number of rotatable bonds is 3. The standard InChI is InChI=1S/C7H6N2O6/c1-15-5-3-2-4(8(11)12)6(7(5)10)9(13)14/h2-3,10H,1H3. The molecule has 0 saturated heterocycles. The van der Waals surface area contributed by atoms with Crippen LogP contribution in [0.1, 0.15) is 0 Å². The van der Waals surface area contributed by atoms with Crippen molar-refractivity contribution in [2.24, 2.45) is 0 Å². The van der Waals surface area contributed by atoms with Crippen molar-refractivity contribution < 1.29 is 19.7 Å². The summed E-state index contributed by atoms with van der Waals surface area (Å²) < 4.78 is 4.59. The minimum Gasteiger partial charge on any atom is -0.499 e. The van der Waals surface area contributed by atoms with Crippen LogP contribution in [0.15, 0.2) is 12.1 Å². The van der Waals surface area contributed by atoms with Crippen LogP contribution < -0.4 is 4.74 Å². The van der Waals surface area contributed by atoms with Crippen LogP contribution >= 0.6 is 0 Å². The van der Waals surface area contributed by atoms with Gasteiger partial charge in [-0.1, -0.05) is 0 Å². The van der Waals surface area contributed by atoms with Crippen LogP contribution in [0.2, 0.25) is 0 Å². The van der Waals surface area contributed by atoms with Gasteiger partial charge < -0.3 is 9.84 Å². The zero-order valence-electron chi connectivity index (χ0n) is 7.54. The lowest BCUT2D eigenvalue weighted by atomic mass is 10.2. The molecule has 0 amide bonds. The van der Waals surface area contributed by atoms with Crippen LogP contribution in [0.3, 0.4) is 0 Å². The van der Waals surface area contributed by atoms with Crippen LogP contribution in [0.25, 0.3) is 0 Å². The topological polar surface area (TPSA) is 116 Å². The van der Waals surface area contributed by atoms with E-state index in [1.807, 2.05) is 0 Å². The molecule has 0 bridgehead atoms. The molecule has 8 heteroatoms. The van der Waals surface area contributed by atoms with Crippen molar-refractivity contribution in [1.82, 2.24) is 0 Å². The quantitative estimate of drug-likeness (QED) is 0.597. The molecule has 0 atom stereocenters. The van der Waals surface area contributed by atoms with Crippen LogP contribution in [-0.4, -0.2) is 22.1 Å². The van der Waals surface area contributed by atoms with Crippen molar-refractivity contribution in [2.75, 3.05) is 7.11 Å². The van der Waals surface area contributed by atoms with Crippen LogP contribution in [0.5, 0.6) is 11.5 Å². The summed E-state index contributed by atoms with van der Waals surface area (Å²) in [7, 11) is 1.19. The molecule has 15 heavy (non-hydrogen) atoms. The Morgan fingerprint density at radius 2 is 1.87 bits per heavy atom. The lowest BCUT2D eigenvalue weighted by Gasteiger charge is -2.02. The number of phenolic OH excluding ortho intramolecular Hbond substituents is 1. The fourth-order valence-electron chi connectivity index (χ4n) is 1.04. The van der Waals surface area contributed by atoms with Crippen molar-refractivity contribution in [3.63, 3.8) is 0 Å². The third-order valence-corrected chi connectivity index (χ3v) is 1.69. The maximum Gasteiger partial charge on any atom is 0.391 e. The first-order chi connectivity index (χ1) is 6.99. The van der Waals surface area contributed by atoms with Gasteiger partial charge in [-0.05, 0) is 6.07 Å². The van der Waals surface area contributed by atoms with Gasteiger partial charge in [0.15, 0.2) is 5.75 Å². The second kappa shape index (κ2) is 3.78.